The topological polar surface area (TPSA) is 93.7 Å². The fourth-order valence-electron chi connectivity index (χ4n) is 2.70. The van der Waals surface area contributed by atoms with E-state index in [4.69, 9.17) is 0 Å². The van der Waals surface area contributed by atoms with Crippen LogP contribution in [-0.4, -0.2) is 32.2 Å². The minimum atomic E-state index is -0.626. The molecular formula is C20H22N2O5. The van der Waals surface area contributed by atoms with E-state index in [0.29, 0.717) is 6.54 Å². The van der Waals surface area contributed by atoms with Gasteiger partial charge in [-0.25, -0.2) is 14.4 Å². The molecule has 0 radical (unpaired) electrons. The normalized spacial score (nSPS) is 10.1. The molecule has 0 saturated heterocycles. The number of urea groups is 1. The molecule has 0 spiro atoms. The number of anilines is 1. The predicted molar refractivity (Wildman–Crippen MR) is 101 cm³/mol. The summed E-state index contributed by atoms with van der Waals surface area (Å²) in [6, 6.07) is 9.75. The van der Waals surface area contributed by atoms with Crippen LogP contribution in [0.4, 0.5) is 10.5 Å². The molecule has 0 saturated carbocycles. The lowest BCUT2D eigenvalue weighted by atomic mass is 10.1. The van der Waals surface area contributed by atoms with Crippen LogP contribution in [0.25, 0.3) is 0 Å². The number of benzene rings is 2. The van der Waals surface area contributed by atoms with E-state index >= 15 is 0 Å². The summed E-state index contributed by atoms with van der Waals surface area (Å²) in [7, 11) is 2.47. The van der Waals surface area contributed by atoms with Gasteiger partial charge in [-0.05, 0) is 37.6 Å². The first kappa shape index (κ1) is 20.0. The highest BCUT2D eigenvalue weighted by molar-refractivity contribution is 5.99. The van der Waals surface area contributed by atoms with Crippen molar-refractivity contribution in [2.24, 2.45) is 0 Å². The van der Waals surface area contributed by atoms with Gasteiger partial charge in [-0.15, -0.1) is 0 Å². The van der Waals surface area contributed by atoms with Crippen molar-refractivity contribution in [3.05, 3.63) is 64.2 Å². The zero-order chi connectivity index (χ0) is 20.0. The molecule has 2 aromatic rings. The van der Waals surface area contributed by atoms with Gasteiger partial charge >= 0.3 is 18.0 Å². The first-order valence-electron chi connectivity index (χ1n) is 8.26. The van der Waals surface area contributed by atoms with Gasteiger partial charge in [0.2, 0.25) is 0 Å². The Morgan fingerprint density at radius 3 is 1.81 bits per heavy atom. The van der Waals surface area contributed by atoms with Gasteiger partial charge in [0, 0.05) is 12.2 Å². The summed E-state index contributed by atoms with van der Waals surface area (Å²) in [5.74, 6) is -1.25. The number of rotatable bonds is 5. The number of nitrogens with one attached hydrogen (secondary N) is 2. The van der Waals surface area contributed by atoms with Crippen LogP contribution in [0.2, 0.25) is 0 Å². The van der Waals surface area contributed by atoms with Gasteiger partial charge in [0.05, 0.1) is 25.3 Å². The predicted octanol–water partition coefficient (Wildman–Crippen LogP) is 3.20. The summed E-state index contributed by atoms with van der Waals surface area (Å²) in [6.07, 6.45) is 0. The molecule has 0 aromatic heterocycles. The van der Waals surface area contributed by atoms with Crippen LogP contribution >= 0.6 is 0 Å². The largest absolute Gasteiger partial charge is 0.465 e. The summed E-state index contributed by atoms with van der Waals surface area (Å²) in [5, 5.41) is 5.36. The molecule has 142 valence electrons. The zero-order valence-electron chi connectivity index (χ0n) is 15.7. The van der Waals surface area contributed by atoms with Crippen molar-refractivity contribution in [3.8, 4) is 0 Å². The Hall–Kier alpha value is -3.35. The van der Waals surface area contributed by atoms with Crippen LogP contribution in [0, 0.1) is 13.8 Å². The number of esters is 2. The number of hydrogen-bond donors (Lipinski definition) is 2. The van der Waals surface area contributed by atoms with Crippen molar-refractivity contribution in [2.75, 3.05) is 19.5 Å². The molecule has 0 aliphatic rings. The van der Waals surface area contributed by atoms with Crippen molar-refractivity contribution in [1.29, 1.82) is 0 Å². The van der Waals surface area contributed by atoms with Gasteiger partial charge in [-0.3, -0.25) is 0 Å². The molecule has 7 heteroatoms. The fourth-order valence-corrected chi connectivity index (χ4v) is 2.70. The lowest BCUT2D eigenvalue weighted by molar-refractivity contribution is 0.0599. The molecule has 2 aromatic carbocycles. The molecule has 0 bridgehead atoms. The fraction of sp³-hybridized carbons (Fsp3) is 0.250. The zero-order valence-corrected chi connectivity index (χ0v) is 15.7. The van der Waals surface area contributed by atoms with Gasteiger partial charge in [0.25, 0.3) is 0 Å². The lowest BCUT2D eigenvalue weighted by Gasteiger charge is -2.11. The molecule has 2 amide bonds. The average molecular weight is 370 g/mol. The first-order chi connectivity index (χ1) is 12.8. The number of aryl methyl sites for hydroxylation is 2. The molecular weight excluding hydrogens is 348 g/mol. The maximum Gasteiger partial charge on any atom is 0.337 e. The van der Waals surface area contributed by atoms with Crippen LogP contribution in [0.3, 0.4) is 0 Å². The molecule has 2 rings (SSSR count). The number of hydrogen-bond acceptors (Lipinski definition) is 5. The Labute approximate surface area is 157 Å². The van der Waals surface area contributed by atoms with Crippen LogP contribution in [0.15, 0.2) is 36.4 Å². The Bertz CT molecular complexity index is 822. The Morgan fingerprint density at radius 1 is 0.815 bits per heavy atom. The molecule has 0 heterocycles. The Balaban J connectivity index is 2.13. The van der Waals surface area contributed by atoms with Crippen molar-refractivity contribution < 1.29 is 23.9 Å². The molecule has 0 aliphatic carbocycles. The number of carbonyl (C=O) groups excluding carboxylic acids is 3. The van der Waals surface area contributed by atoms with Gasteiger partial charge < -0.3 is 20.1 Å². The average Bonchev–Trinajstić information content (AvgIpc) is 2.64. The molecule has 2 N–H and O–H groups in total. The van der Waals surface area contributed by atoms with Gasteiger partial charge in [-0.1, -0.05) is 29.3 Å². The van der Waals surface area contributed by atoms with Gasteiger partial charge in [0.1, 0.15) is 0 Å². The third kappa shape index (κ3) is 5.57. The van der Waals surface area contributed by atoms with E-state index in [0.717, 1.165) is 16.7 Å². The first-order valence-corrected chi connectivity index (χ1v) is 8.26. The highest BCUT2D eigenvalue weighted by atomic mass is 16.5. The highest BCUT2D eigenvalue weighted by Crippen LogP contribution is 2.17. The van der Waals surface area contributed by atoms with Gasteiger partial charge in [0.15, 0.2) is 0 Å². The second-order valence-electron chi connectivity index (χ2n) is 6.09. The van der Waals surface area contributed by atoms with E-state index in [2.05, 4.69) is 26.2 Å². The van der Waals surface area contributed by atoms with Crippen LogP contribution in [0.1, 0.15) is 37.4 Å². The minimum Gasteiger partial charge on any atom is -0.465 e. The molecule has 0 fully saturated rings. The van der Waals surface area contributed by atoms with E-state index in [9.17, 15) is 14.4 Å². The van der Waals surface area contributed by atoms with Crippen LogP contribution in [0.5, 0.6) is 0 Å². The van der Waals surface area contributed by atoms with Crippen molar-refractivity contribution in [2.45, 2.75) is 20.4 Å². The quantitative estimate of drug-likeness (QED) is 0.789. The molecule has 0 unspecified atom stereocenters. The minimum absolute atomic E-state index is 0.130. The van der Waals surface area contributed by atoms with E-state index in [1.54, 1.807) is 0 Å². The molecule has 0 atom stereocenters. The van der Waals surface area contributed by atoms with Crippen LogP contribution < -0.4 is 10.6 Å². The van der Waals surface area contributed by atoms with E-state index < -0.39 is 18.0 Å². The second kappa shape index (κ2) is 8.84. The summed E-state index contributed by atoms with van der Waals surface area (Å²) < 4.78 is 9.35. The van der Waals surface area contributed by atoms with Crippen molar-refractivity contribution in [3.63, 3.8) is 0 Å². The third-order valence-electron chi connectivity index (χ3n) is 3.77. The van der Waals surface area contributed by atoms with Gasteiger partial charge in [-0.2, -0.15) is 0 Å². The SMILES string of the molecule is COC(=O)c1cc(NC(=O)NCc2cc(C)cc(C)c2)cc(C(=O)OC)c1. The summed E-state index contributed by atoms with van der Waals surface area (Å²) >= 11 is 0. The maximum atomic E-state index is 12.2. The number of amides is 2. The Morgan fingerprint density at radius 2 is 1.33 bits per heavy atom. The highest BCUT2D eigenvalue weighted by Gasteiger charge is 2.15. The lowest BCUT2D eigenvalue weighted by Crippen LogP contribution is -2.28. The van der Waals surface area contributed by atoms with E-state index in [-0.39, 0.29) is 16.8 Å². The van der Waals surface area contributed by atoms with E-state index in [1.165, 1.54) is 32.4 Å². The smallest absolute Gasteiger partial charge is 0.337 e. The Kier molecular flexibility index (Phi) is 6.54. The number of ether oxygens (including phenoxy) is 2. The maximum absolute atomic E-state index is 12.2. The molecule has 0 aliphatic heterocycles. The number of carbonyl (C=O) groups is 3. The second-order valence-corrected chi connectivity index (χ2v) is 6.09. The molecule has 27 heavy (non-hydrogen) atoms. The summed E-state index contributed by atoms with van der Waals surface area (Å²) in [4.78, 5) is 35.8. The third-order valence-corrected chi connectivity index (χ3v) is 3.77. The van der Waals surface area contributed by atoms with Crippen molar-refractivity contribution in [1.82, 2.24) is 5.32 Å². The molecule has 7 nitrogen and oxygen atoms in total. The monoisotopic (exact) mass is 370 g/mol. The standard InChI is InChI=1S/C20H22N2O5/c1-12-5-13(2)7-14(6-12)11-21-20(25)22-17-9-15(18(23)26-3)8-16(10-17)19(24)27-4/h5-10H,11H2,1-4H3,(H2,21,22,25). The van der Waals surface area contributed by atoms with Crippen LogP contribution in [-0.2, 0) is 16.0 Å². The van der Waals surface area contributed by atoms with Crippen molar-refractivity contribution >= 4 is 23.7 Å². The van der Waals surface area contributed by atoms with E-state index in [1.807, 2.05) is 26.0 Å². The summed E-state index contributed by atoms with van der Waals surface area (Å²) in [5.41, 5.74) is 3.73. The number of methoxy groups -OCH3 is 2. The summed E-state index contributed by atoms with van der Waals surface area (Å²) in [6.45, 7) is 4.32.